The summed E-state index contributed by atoms with van der Waals surface area (Å²) in [6, 6.07) is 2.16. The summed E-state index contributed by atoms with van der Waals surface area (Å²) >= 11 is 0. The molecule has 1 aromatic rings. The van der Waals surface area contributed by atoms with Crippen LogP contribution in [-0.4, -0.2) is 36.7 Å². The first-order chi connectivity index (χ1) is 9.17. The van der Waals surface area contributed by atoms with Crippen molar-refractivity contribution in [3.05, 3.63) is 23.7 Å². The molecule has 0 saturated carbocycles. The van der Waals surface area contributed by atoms with Crippen LogP contribution in [0.1, 0.15) is 38.5 Å². The molecule has 0 aliphatic carbocycles. The smallest absolute Gasteiger partial charge is 0.118 e. The molecule has 0 amide bonds. The Bertz CT molecular complexity index is 368. The Morgan fingerprint density at radius 1 is 1.32 bits per heavy atom. The van der Waals surface area contributed by atoms with Gasteiger partial charge in [-0.3, -0.25) is 4.90 Å². The second-order valence-electron chi connectivity index (χ2n) is 5.55. The Balaban J connectivity index is 1.82. The minimum atomic E-state index is 0.310. The Labute approximate surface area is 116 Å². The van der Waals surface area contributed by atoms with Crippen molar-refractivity contribution < 1.29 is 9.15 Å². The molecule has 1 fully saturated rings. The summed E-state index contributed by atoms with van der Waals surface area (Å²) < 4.78 is 11.4. The minimum Gasteiger partial charge on any atom is -0.468 e. The van der Waals surface area contributed by atoms with Crippen molar-refractivity contribution in [1.82, 2.24) is 10.2 Å². The van der Waals surface area contributed by atoms with E-state index in [9.17, 15) is 0 Å². The molecule has 4 nitrogen and oxygen atoms in total. The van der Waals surface area contributed by atoms with Crippen molar-refractivity contribution in [1.29, 1.82) is 0 Å². The molecule has 19 heavy (non-hydrogen) atoms. The third-order valence-electron chi connectivity index (χ3n) is 3.34. The van der Waals surface area contributed by atoms with Crippen LogP contribution in [0.4, 0.5) is 0 Å². The second kappa shape index (κ2) is 7.08. The van der Waals surface area contributed by atoms with E-state index in [-0.39, 0.29) is 0 Å². The van der Waals surface area contributed by atoms with Gasteiger partial charge >= 0.3 is 0 Å². The monoisotopic (exact) mass is 266 g/mol. The van der Waals surface area contributed by atoms with E-state index in [1.165, 1.54) is 5.56 Å². The van der Waals surface area contributed by atoms with Gasteiger partial charge in [0.25, 0.3) is 0 Å². The number of hydrogen-bond donors (Lipinski definition) is 1. The molecule has 0 spiro atoms. The molecule has 1 N–H and O–H groups in total. The van der Waals surface area contributed by atoms with Crippen molar-refractivity contribution >= 4 is 0 Å². The number of hydrogen-bond acceptors (Lipinski definition) is 4. The van der Waals surface area contributed by atoms with Crippen LogP contribution in [0.3, 0.4) is 0 Å². The molecule has 2 rings (SSSR count). The molecule has 2 atom stereocenters. The van der Waals surface area contributed by atoms with Crippen molar-refractivity contribution in [2.45, 2.75) is 52.5 Å². The third-order valence-corrected chi connectivity index (χ3v) is 3.34. The van der Waals surface area contributed by atoms with Crippen LogP contribution in [-0.2, 0) is 17.8 Å². The highest BCUT2D eigenvalue weighted by Crippen LogP contribution is 2.16. The molecule has 4 heteroatoms. The number of furan rings is 1. The second-order valence-corrected chi connectivity index (χ2v) is 5.55. The first kappa shape index (κ1) is 14.6. The Morgan fingerprint density at radius 2 is 2.05 bits per heavy atom. The van der Waals surface area contributed by atoms with E-state index in [1.54, 1.807) is 0 Å². The lowest BCUT2D eigenvalue weighted by atomic mass is 10.2. The number of ether oxygens (including phenoxy) is 1. The standard InChI is InChI=1S/C15H26N2O2/c1-4-5-16-7-14-6-15(18-11-14)10-17-8-12(2)19-13(3)9-17/h6,11-13,16H,4-5,7-10H2,1-3H3. The largest absolute Gasteiger partial charge is 0.468 e. The van der Waals surface area contributed by atoms with E-state index in [0.29, 0.717) is 12.2 Å². The summed E-state index contributed by atoms with van der Waals surface area (Å²) in [5.41, 5.74) is 1.23. The van der Waals surface area contributed by atoms with Gasteiger partial charge in [0.1, 0.15) is 5.76 Å². The maximum absolute atomic E-state index is 5.74. The zero-order chi connectivity index (χ0) is 13.7. The van der Waals surface area contributed by atoms with Crippen molar-refractivity contribution in [3.63, 3.8) is 0 Å². The van der Waals surface area contributed by atoms with Gasteiger partial charge in [-0.15, -0.1) is 0 Å². The maximum Gasteiger partial charge on any atom is 0.118 e. The Morgan fingerprint density at radius 3 is 2.74 bits per heavy atom. The van der Waals surface area contributed by atoms with Crippen molar-refractivity contribution in [2.24, 2.45) is 0 Å². The summed E-state index contributed by atoms with van der Waals surface area (Å²) in [5, 5.41) is 3.39. The van der Waals surface area contributed by atoms with E-state index in [4.69, 9.17) is 9.15 Å². The highest BCUT2D eigenvalue weighted by Gasteiger charge is 2.22. The van der Waals surface area contributed by atoms with Gasteiger partial charge < -0.3 is 14.5 Å². The molecule has 1 saturated heterocycles. The van der Waals surface area contributed by atoms with E-state index in [0.717, 1.165) is 44.9 Å². The van der Waals surface area contributed by atoms with Gasteiger partial charge in [-0.05, 0) is 32.9 Å². The van der Waals surface area contributed by atoms with Crippen LogP contribution >= 0.6 is 0 Å². The predicted molar refractivity (Wildman–Crippen MR) is 76.0 cm³/mol. The SMILES string of the molecule is CCCNCc1coc(CN2CC(C)OC(C)C2)c1. The molecule has 108 valence electrons. The Kier molecular flexibility index (Phi) is 5.43. The summed E-state index contributed by atoms with van der Waals surface area (Å²) in [4.78, 5) is 2.40. The van der Waals surface area contributed by atoms with E-state index < -0.39 is 0 Å². The molecule has 1 aromatic heterocycles. The summed E-state index contributed by atoms with van der Waals surface area (Å²) in [6.07, 6.45) is 3.65. The van der Waals surface area contributed by atoms with Crippen LogP contribution in [0.15, 0.2) is 16.7 Å². The fourth-order valence-corrected chi connectivity index (χ4v) is 2.65. The quantitative estimate of drug-likeness (QED) is 0.802. The fourth-order valence-electron chi connectivity index (χ4n) is 2.65. The molecule has 0 aromatic carbocycles. The van der Waals surface area contributed by atoms with Crippen molar-refractivity contribution in [2.75, 3.05) is 19.6 Å². The number of morpholine rings is 1. The first-order valence-corrected chi connectivity index (χ1v) is 7.32. The lowest BCUT2D eigenvalue weighted by Crippen LogP contribution is -2.44. The zero-order valence-electron chi connectivity index (χ0n) is 12.3. The topological polar surface area (TPSA) is 37.6 Å². The van der Waals surface area contributed by atoms with E-state index in [2.05, 4.69) is 37.1 Å². The number of nitrogens with one attached hydrogen (secondary N) is 1. The maximum atomic E-state index is 5.74. The third kappa shape index (κ3) is 4.64. The highest BCUT2D eigenvalue weighted by atomic mass is 16.5. The highest BCUT2D eigenvalue weighted by molar-refractivity contribution is 5.12. The zero-order valence-corrected chi connectivity index (χ0v) is 12.3. The van der Waals surface area contributed by atoms with Crippen LogP contribution in [0.2, 0.25) is 0 Å². The molecule has 2 heterocycles. The van der Waals surface area contributed by atoms with Gasteiger partial charge in [0.15, 0.2) is 0 Å². The summed E-state index contributed by atoms with van der Waals surface area (Å²) in [7, 11) is 0. The fraction of sp³-hybridized carbons (Fsp3) is 0.733. The van der Waals surface area contributed by atoms with Crippen molar-refractivity contribution in [3.8, 4) is 0 Å². The molecule has 0 radical (unpaired) electrons. The number of nitrogens with zero attached hydrogens (tertiary/aromatic N) is 1. The van der Waals surface area contributed by atoms with Crippen LogP contribution in [0.5, 0.6) is 0 Å². The molecule has 1 aliphatic rings. The molecule has 0 bridgehead atoms. The lowest BCUT2D eigenvalue weighted by molar-refractivity contribution is -0.0718. The normalized spacial score (nSPS) is 24.8. The number of rotatable bonds is 6. The minimum absolute atomic E-state index is 0.310. The summed E-state index contributed by atoms with van der Waals surface area (Å²) in [5.74, 6) is 1.05. The van der Waals surface area contributed by atoms with E-state index >= 15 is 0 Å². The van der Waals surface area contributed by atoms with Gasteiger partial charge in [-0.25, -0.2) is 0 Å². The van der Waals surface area contributed by atoms with Gasteiger partial charge in [-0.1, -0.05) is 6.92 Å². The van der Waals surface area contributed by atoms with Gasteiger partial charge in [0, 0.05) is 25.2 Å². The van der Waals surface area contributed by atoms with Crippen LogP contribution in [0.25, 0.3) is 0 Å². The first-order valence-electron chi connectivity index (χ1n) is 7.32. The Hall–Kier alpha value is -0.840. The molecule has 1 aliphatic heterocycles. The molecular weight excluding hydrogens is 240 g/mol. The average Bonchev–Trinajstić information content (AvgIpc) is 2.76. The van der Waals surface area contributed by atoms with E-state index in [1.807, 2.05) is 6.26 Å². The van der Waals surface area contributed by atoms with Gasteiger partial charge in [0.2, 0.25) is 0 Å². The predicted octanol–water partition coefficient (Wildman–Crippen LogP) is 2.39. The summed E-state index contributed by atoms with van der Waals surface area (Å²) in [6.45, 7) is 11.2. The lowest BCUT2D eigenvalue weighted by Gasteiger charge is -2.34. The molecule has 2 unspecified atom stereocenters. The van der Waals surface area contributed by atoms with Gasteiger partial charge in [0.05, 0.1) is 25.0 Å². The van der Waals surface area contributed by atoms with Gasteiger partial charge in [-0.2, -0.15) is 0 Å². The van der Waals surface area contributed by atoms with Crippen LogP contribution in [0, 0.1) is 0 Å². The average molecular weight is 266 g/mol. The molecular formula is C15H26N2O2. The van der Waals surface area contributed by atoms with Crippen LogP contribution < -0.4 is 5.32 Å².